The first-order valence-electron chi connectivity index (χ1n) is 13.4. The molecule has 8 nitrogen and oxygen atoms in total. The molecule has 2 aromatic rings. The molecular weight excluding hydrogens is 472 g/mol. The van der Waals surface area contributed by atoms with E-state index in [-0.39, 0.29) is 30.6 Å². The molecule has 0 aromatic heterocycles. The van der Waals surface area contributed by atoms with E-state index in [4.69, 9.17) is 18.9 Å². The summed E-state index contributed by atoms with van der Waals surface area (Å²) in [4.78, 5) is 29.7. The van der Waals surface area contributed by atoms with Gasteiger partial charge in [0, 0.05) is 19.2 Å². The van der Waals surface area contributed by atoms with Crippen LogP contribution >= 0.6 is 0 Å². The molecule has 0 bridgehead atoms. The van der Waals surface area contributed by atoms with E-state index in [1.807, 2.05) is 42.5 Å². The Kier molecular flexibility index (Phi) is 8.14. The van der Waals surface area contributed by atoms with Gasteiger partial charge in [0.2, 0.25) is 12.0 Å². The van der Waals surface area contributed by atoms with Crippen molar-refractivity contribution in [3.63, 3.8) is 0 Å². The zero-order chi connectivity index (χ0) is 25.6. The molecule has 1 N–H and O–H groups in total. The Morgan fingerprint density at radius 1 is 1.03 bits per heavy atom. The maximum Gasteiger partial charge on any atom is 0.268 e. The van der Waals surface area contributed by atoms with Gasteiger partial charge >= 0.3 is 0 Å². The molecule has 2 aromatic carbocycles. The van der Waals surface area contributed by atoms with E-state index in [0.717, 1.165) is 38.5 Å². The van der Waals surface area contributed by atoms with Crippen LogP contribution in [-0.2, 0) is 14.3 Å². The van der Waals surface area contributed by atoms with Crippen molar-refractivity contribution in [2.45, 2.75) is 69.2 Å². The average molecular weight is 509 g/mol. The summed E-state index contributed by atoms with van der Waals surface area (Å²) >= 11 is 0. The molecular formula is C29H36N2O6. The molecule has 2 fully saturated rings. The third kappa shape index (κ3) is 6.01. The van der Waals surface area contributed by atoms with Crippen molar-refractivity contribution in [2.75, 3.05) is 26.9 Å². The number of carbonyl (C=O) groups excluding carboxylic acids is 2. The number of fused-ring (bicyclic) bond motifs is 1. The Morgan fingerprint density at radius 3 is 2.59 bits per heavy atom. The number of ether oxygens (including phenoxy) is 4. The smallest absolute Gasteiger partial charge is 0.268 e. The zero-order valence-electron chi connectivity index (χ0n) is 21.4. The molecule has 198 valence electrons. The molecule has 2 heterocycles. The molecule has 1 saturated carbocycles. The van der Waals surface area contributed by atoms with Gasteiger partial charge in [0.1, 0.15) is 18.4 Å². The second kappa shape index (κ2) is 11.9. The summed E-state index contributed by atoms with van der Waals surface area (Å²) in [6.07, 6.45) is 6.04. The van der Waals surface area contributed by atoms with E-state index >= 15 is 0 Å². The summed E-state index contributed by atoms with van der Waals surface area (Å²) in [5.74, 6) is 1.27. The second-order valence-electron chi connectivity index (χ2n) is 10.0. The lowest BCUT2D eigenvalue weighted by Crippen LogP contribution is -2.54. The predicted octanol–water partition coefficient (Wildman–Crippen LogP) is 4.03. The molecule has 3 aliphatic rings. The molecule has 5 rings (SSSR count). The Balaban J connectivity index is 1.47. The maximum atomic E-state index is 14.1. The lowest BCUT2D eigenvalue weighted by atomic mass is 9.94. The Labute approximate surface area is 218 Å². The molecule has 0 unspecified atom stereocenters. The van der Waals surface area contributed by atoms with Gasteiger partial charge in [-0.3, -0.25) is 9.59 Å². The van der Waals surface area contributed by atoms with E-state index in [2.05, 4.69) is 5.32 Å². The first-order valence-corrected chi connectivity index (χ1v) is 13.4. The lowest BCUT2D eigenvalue weighted by molar-refractivity contribution is -0.150. The number of hydrogen-bond acceptors (Lipinski definition) is 6. The third-order valence-electron chi connectivity index (χ3n) is 7.41. The van der Waals surface area contributed by atoms with Crippen molar-refractivity contribution >= 4 is 11.8 Å². The average Bonchev–Trinajstić information content (AvgIpc) is 3.46. The van der Waals surface area contributed by atoms with Crippen molar-refractivity contribution in [3.8, 4) is 17.2 Å². The molecule has 0 spiro atoms. The van der Waals surface area contributed by atoms with Crippen LogP contribution in [0.2, 0.25) is 0 Å². The lowest BCUT2D eigenvalue weighted by Gasteiger charge is -2.37. The Morgan fingerprint density at radius 2 is 1.84 bits per heavy atom. The highest BCUT2D eigenvalue weighted by Gasteiger charge is 2.40. The number of rotatable bonds is 8. The molecule has 1 saturated heterocycles. The Bertz CT molecular complexity index is 1080. The zero-order valence-corrected chi connectivity index (χ0v) is 21.4. The largest absolute Gasteiger partial charge is 0.497 e. The minimum Gasteiger partial charge on any atom is -0.497 e. The van der Waals surface area contributed by atoms with Crippen molar-refractivity contribution in [1.82, 2.24) is 10.2 Å². The number of amides is 2. The van der Waals surface area contributed by atoms with Gasteiger partial charge in [-0.2, -0.15) is 0 Å². The minimum atomic E-state index is -0.869. The predicted molar refractivity (Wildman–Crippen MR) is 138 cm³/mol. The minimum absolute atomic E-state index is 0.0763. The number of para-hydroxylation sites is 2. The highest BCUT2D eigenvalue weighted by molar-refractivity contribution is 5.91. The van der Waals surface area contributed by atoms with Gasteiger partial charge in [-0.1, -0.05) is 43.5 Å². The van der Waals surface area contributed by atoms with Gasteiger partial charge in [-0.15, -0.1) is 0 Å². The summed E-state index contributed by atoms with van der Waals surface area (Å²) < 4.78 is 23.3. The molecule has 0 radical (unpaired) electrons. The van der Waals surface area contributed by atoms with Gasteiger partial charge < -0.3 is 29.2 Å². The second-order valence-corrected chi connectivity index (χ2v) is 10.0. The van der Waals surface area contributed by atoms with Crippen molar-refractivity contribution in [3.05, 3.63) is 54.1 Å². The summed E-state index contributed by atoms with van der Waals surface area (Å²) in [5.41, 5.74) is 0.691. The highest BCUT2D eigenvalue weighted by atomic mass is 16.6. The van der Waals surface area contributed by atoms with E-state index in [1.54, 1.807) is 18.1 Å². The highest BCUT2D eigenvalue weighted by Crippen LogP contribution is 2.34. The van der Waals surface area contributed by atoms with Crippen molar-refractivity contribution < 1.29 is 28.5 Å². The van der Waals surface area contributed by atoms with Crippen LogP contribution in [0.5, 0.6) is 17.2 Å². The molecule has 2 aliphatic heterocycles. The van der Waals surface area contributed by atoms with Crippen LogP contribution in [0.1, 0.15) is 56.6 Å². The van der Waals surface area contributed by atoms with E-state index in [1.165, 1.54) is 6.42 Å². The first kappa shape index (κ1) is 25.4. The summed E-state index contributed by atoms with van der Waals surface area (Å²) in [7, 11) is 1.59. The van der Waals surface area contributed by atoms with E-state index in [0.29, 0.717) is 36.0 Å². The normalized spacial score (nSPS) is 22.2. The number of carbonyl (C=O) groups is 2. The van der Waals surface area contributed by atoms with Crippen LogP contribution in [0.3, 0.4) is 0 Å². The van der Waals surface area contributed by atoms with Crippen molar-refractivity contribution in [2.24, 2.45) is 0 Å². The van der Waals surface area contributed by atoms with Crippen LogP contribution in [0, 0.1) is 0 Å². The fourth-order valence-corrected chi connectivity index (χ4v) is 5.47. The van der Waals surface area contributed by atoms with Crippen LogP contribution in [0.15, 0.2) is 48.5 Å². The Hall–Kier alpha value is -3.26. The SMILES string of the molecule is COc1cccc([C@H](C(=O)NC2CCCCC2)N(C[C@H]2CCCO2)C(=O)[C@@H]2COc3ccccc3O2)c1. The van der Waals surface area contributed by atoms with Gasteiger partial charge in [0.15, 0.2) is 11.5 Å². The summed E-state index contributed by atoms with van der Waals surface area (Å²) in [6.45, 7) is 1.02. The number of nitrogens with zero attached hydrogens (tertiary/aromatic N) is 1. The summed E-state index contributed by atoms with van der Waals surface area (Å²) in [6, 6.07) is 13.9. The number of benzene rings is 2. The number of hydrogen-bond donors (Lipinski definition) is 1. The quantitative estimate of drug-likeness (QED) is 0.580. The third-order valence-corrected chi connectivity index (χ3v) is 7.41. The number of nitrogens with one attached hydrogen (secondary N) is 1. The fraction of sp³-hybridized carbons (Fsp3) is 0.517. The van der Waals surface area contributed by atoms with E-state index < -0.39 is 12.1 Å². The van der Waals surface area contributed by atoms with Gasteiger partial charge in [0.25, 0.3) is 5.91 Å². The van der Waals surface area contributed by atoms with Crippen LogP contribution < -0.4 is 19.5 Å². The molecule has 37 heavy (non-hydrogen) atoms. The van der Waals surface area contributed by atoms with Crippen LogP contribution in [0.25, 0.3) is 0 Å². The van der Waals surface area contributed by atoms with Gasteiger partial charge in [0.05, 0.1) is 13.2 Å². The molecule has 3 atom stereocenters. The molecule has 8 heteroatoms. The first-order chi connectivity index (χ1) is 18.1. The monoisotopic (exact) mass is 508 g/mol. The standard InChI is InChI=1S/C29H36N2O6/c1-34-22-12-7-9-20(17-22)27(28(32)30-21-10-3-2-4-11-21)31(18-23-13-8-16-35-23)29(33)26-19-36-24-14-5-6-15-25(24)37-26/h5-7,9,12,14-15,17,21,23,26-27H,2-4,8,10-11,13,16,18-19H2,1H3,(H,30,32)/t23-,26+,27-/m1/s1. The topological polar surface area (TPSA) is 86.3 Å². The van der Waals surface area contributed by atoms with Gasteiger partial charge in [-0.25, -0.2) is 0 Å². The van der Waals surface area contributed by atoms with Gasteiger partial charge in [-0.05, 0) is 55.5 Å². The maximum absolute atomic E-state index is 14.1. The number of methoxy groups -OCH3 is 1. The molecule has 2 amide bonds. The fourth-order valence-electron chi connectivity index (χ4n) is 5.47. The molecule has 1 aliphatic carbocycles. The summed E-state index contributed by atoms with van der Waals surface area (Å²) in [5, 5.41) is 3.25. The van der Waals surface area contributed by atoms with Crippen molar-refractivity contribution in [1.29, 1.82) is 0 Å². The van der Waals surface area contributed by atoms with E-state index in [9.17, 15) is 9.59 Å². The van der Waals surface area contributed by atoms with Crippen LogP contribution in [0.4, 0.5) is 0 Å². The van der Waals surface area contributed by atoms with Crippen LogP contribution in [-0.4, -0.2) is 61.8 Å².